The summed E-state index contributed by atoms with van der Waals surface area (Å²) in [4.78, 5) is 44.5. The molecule has 174 valence electrons. The highest BCUT2D eigenvalue weighted by Gasteiger charge is 2.38. The van der Waals surface area contributed by atoms with Gasteiger partial charge in [0.1, 0.15) is 0 Å². The van der Waals surface area contributed by atoms with Crippen molar-refractivity contribution in [1.82, 2.24) is 9.80 Å². The topological polar surface area (TPSA) is 73.0 Å². The van der Waals surface area contributed by atoms with E-state index in [1.807, 2.05) is 42.2 Å². The van der Waals surface area contributed by atoms with E-state index in [4.69, 9.17) is 0 Å². The van der Waals surface area contributed by atoms with Crippen molar-refractivity contribution < 1.29 is 14.4 Å². The van der Waals surface area contributed by atoms with Crippen LogP contribution in [-0.4, -0.2) is 66.3 Å². The Bertz CT molecular complexity index is 1040. The van der Waals surface area contributed by atoms with Gasteiger partial charge >= 0.3 is 0 Å². The lowest BCUT2D eigenvalue weighted by Gasteiger charge is -2.37. The quantitative estimate of drug-likeness (QED) is 0.763. The maximum Gasteiger partial charge on any atom is 0.255 e. The molecule has 7 nitrogen and oxygen atoms in total. The largest absolute Gasteiger partial charge is 0.340 e. The van der Waals surface area contributed by atoms with Gasteiger partial charge in [0.25, 0.3) is 5.91 Å². The van der Waals surface area contributed by atoms with Crippen LogP contribution in [0.4, 0.5) is 11.4 Å². The Balaban J connectivity index is 1.41. The molecule has 33 heavy (non-hydrogen) atoms. The van der Waals surface area contributed by atoms with Gasteiger partial charge in [-0.05, 0) is 56.7 Å². The van der Waals surface area contributed by atoms with Crippen LogP contribution in [0.2, 0.25) is 0 Å². The van der Waals surface area contributed by atoms with E-state index in [0.717, 1.165) is 24.3 Å². The molecule has 1 atom stereocenters. The highest BCUT2D eigenvalue weighted by molar-refractivity contribution is 6.06. The molecular weight excluding hydrogens is 416 g/mol. The average Bonchev–Trinajstić information content (AvgIpc) is 3.20. The molecule has 4 rings (SSSR count). The molecule has 0 bridgehead atoms. The lowest BCUT2D eigenvalue weighted by molar-refractivity contribution is -0.137. The first-order valence-electron chi connectivity index (χ1n) is 11.6. The van der Waals surface area contributed by atoms with Crippen LogP contribution in [0.5, 0.6) is 0 Å². The molecule has 0 aliphatic carbocycles. The molecule has 2 heterocycles. The second kappa shape index (κ2) is 9.75. The fraction of sp³-hybridized carbons (Fsp3) is 0.423. The molecule has 2 aliphatic rings. The van der Waals surface area contributed by atoms with E-state index >= 15 is 0 Å². The van der Waals surface area contributed by atoms with Crippen LogP contribution in [-0.2, 0) is 9.59 Å². The summed E-state index contributed by atoms with van der Waals surface area (Å²) in [6.07, 6.45) is 0.211. The predicted molar refractivity (Wildman–Crippen MR) is 129 cm³/mol. The second-order valence-electron chi connectivity index (χ2n) is 9.23. The van der Waals surface area contributed by atoms with Crippen LogP contribution in [0.3, 0.4) is 0 Å². The van der Waals surface area contributed by atoms with Gasteiger partial charge in [0.05, 0.1) is 5.92 Å². The van der Waals surface area contributed by atoms with Crippen molar-refractivity contribution in [2.45, 2.75) is 33.2 Å². The average molecular weight is 449 g/mol. The van der Waals surface area contributed by atoms with Crippen molar-refractivity contribution in [1.29, 1.82) is 0 Å². The normalized spacial score (nSPS) is 19.3. The number of carbonyl (C=O) groups excluding carboxylic acids is 3. The number of nitrogens with one attached hydrogen (secondary N) is 1. The summed E-state index contributed by atoms with van der Waals surface area (Å²) in [6, 6.07) is 15.1. The summed E-state index contributed by atoms with van der Waals surface area (Å²) in [6.45, 7) is 9.80. The van der Waals surface area contributed by atoms with E-state index in [0.29, 0.717) is 36.9 Å². The fourth-order valence-corrected chi connectivity index (χ4v) is 4.58. The number of benzene rings is 2. The Morgan fingerprint density at radius 2 is 1.73 bits per heavy atom. The summed E-state index contributed by atoms with van der Waals surface area (Å²) in [7, 11) is 0. The summed E-state index contributed by atoms with van der Waals surface area (Å²) < 4.78 is 0. The molecule has 2 aromatic rings. The predicted octanol–water partition coefficient (Wildman–Crippen LogP) is 3.15. The zero-order valence-corrected chi connectivity index (χ0v) is 19.6. The van der Waals surface area contributed by atoms with Crippen molar-refractivity contribution in [2.75, 3.05) is 42.9 Å². The number of aryl methyl sites for hydroxylation is 1. The Morgan fingerprint density at radius 1 is 1.00 bits per heavy atom. The molecule has 0 unspecified atom stereocenters. The fourth-order valence-electron chi connectivity index (χ4n) is 4.58. The van der Waals surface area contributed by atoms with Gasteiger partial charge < -0.3 is 15.1 Å². The lowest BCUT2D eigenvalue weighted by atomic mass is 10.1. The minimum absolute atomic E-state index is 0.0580. The number of amides is 3. The molecule has 2 aromatic carbocycles. The van der Waals surface area contributed by atoms with Gasteiger partial charge in [-0.15, -0.1) is 0 Å². The number of hydrogen-bond acceptors (Lipinski definition) is 4. The van der Waals surface area contributed by atoms with E-state index < -0.39 is 0 Å². The van der Waals surface area contributed by atoms with Gasteiger partial charge in [-0.1, -0.05) is 18.2 Å². The van der Waals surface area contributed by atoms with Gasteiger partial charge in [0.15, 0.2) is 0 Å². The number of piperazine rings is 1. The third kappa shape index (κ3) is 5.25. The Hall–Kier alpha value is -3.19. The monoisotopic (exact) mass is 448 g/mol. The third-order valence-corrected chi connectivity index (χ3v) is 6.53. The van der Waals surface area contributed by atoms with Crippen LogP contribution in [0.1, 0.15) is 36.2 Å². The molecule has 2 aliphatic heterocycles. The van der Waals surface area contributed by atoms with Crippen molar-refractivity contribution in [3.05, 3.63) is 59.7 Å². The van der Waals surface area contributed by atoms with Crippen LogP contribution >= 0.6 is 0 Å². The first-order valence-corrected chi connectivity index (χ1v) is 11.6. The van der Waals surface area contributed by atoms with Gasteiger partial charge in [-0.2, -0.15) is 0 Å². The standard InChI is InChI=1S/C26H32N4O3/c1-18(2)28-10-12-29(13-11-28)26(33)21-16-24(31)30(17-21)23-9-5-7-20(15-23)25(32)27-22-8-4-6-19(3)14-22/h4-9,14-15,18,21H,10-13,16-17H2,1-3H3,(H,27,32)/t21-/m1/s1. The molecule has 0 saturated carbocycles. The summed E-state index contributed by atoms with van der Waals surface area (Å²) in [5.41, 5.74) is 2.91. The Labute approximate surface area is 195 Å². The molecular formula is C26H32N4O3. The summed E-state index contributed by atoms with van der Waals surface area (Å²) in [5, 5.41) is 2.90. The number of hydrogen-bond donors (Lipinski definition) is 1. The van der Waals surface area contributed by atoms with E-state index in [2.05, 4.69) is 24.1 Å². The summed E-state index contributed by atoms with van der Waals surface area (Å²) >= 11 is 0. The van der Waals surface area contributed by atoms with Crippen molar-refractivity contribution in [3.8, 4) is 0 Å². The van der Waals surface area contributed by atoms with E-state index in [1.165, 1.54) is 0 Å². The van der Waals surface area contributed by atoms with Crippen molar-refractivity contribution >= 4 is 29.1 Å². The van der Waals surface area contributed by atoms with Crippen molar-refractivity contribution in [3.63, 3.8) is 0 Å². The van der Waals surface area contributed by atoms with E-state index in [9.17, 15) is 14.4 Å². The lowest BCUT2D eigenvalue weighted by Crippen LogP contribution is -2.52. The van der Waals surface area contributed by atoms with Crippen LogP contribution in [0.15, 0.2) is 48.5 Å². The minimum atomic E-state index is -0.340. The first-order chi connectivity index (χ1) is 15.8. The molecule has 3 amide bonds. The number of anilines is 2. The zero-order chi connectivity index (χ0) is 23.5. The van der Waals surface area contributed by atoms with Crippen LogP contribution in [0.25, 0.3) is 0 Å². The molecule has 0 radical (unpaired) electrons. The Morgan fingerprint density at radius 3 is 2.42 bits per heavy atom. The zero-order valence-electron chi connectivity index (χ0n) is 19.6. The van der Waals surface area contributed by atoms with Gasteiger partial charge in [-0.25, -0.2) is 0 Å². The minimum Gasteiger partial charge on any atom is -0.340 e. The SMILES string of the molecule is Cc1cccc(NC(=O)c2cccc(N3C[C@H](C(=O)N4CCN(C(C)C)CC4)CC3=O)c2)c1. The number of nitrogens with zero attached hydrogens (tertiary/aromatic N) is 3. The molecule has 7 heteroatoms. The molecule has 2 saturated heterocycles. The number of carbonyl (C=O) groups is 3. The third-order valence-electron chi connectivity index (χ3n) is 6.53. The van der Waals surface area contributed by atoms with Gasteiger partial charge in [-0.3, -0.25) is 19.3 Å². The first kappa shape index (κ1) is 23.0. The maximum absolute atomic E-state index is 13.1. The van der Waals surface area contributed by atoms with Crippen LogP contribution < -0.4 is 10.2 Å². The van der Waals surface area contributed by atoms with Crippen LogP contribution in [0, 0.1) is 12.8 Å². The van der Waals surface area contributed by atoms with Gasteiger partial charge in [0.2, 0.25) is 11.8 Å². The number of rotatable bonds is 5. The maximum atomic E-state index is 13.1. The Kier molecular flexibility index (Phi) is 6.79. The highest BCUT2D eigenvalue weighted by atomic mass is 16.2. The second-order valence-corrected chi connectivity index (χ2v) is 9.23. The van der Waals surface area contributed by atoms with E-state index in [1.54, 1.807) is 23.1 Å². The molecule has 0 spiro atoms. The smallest absolute Gasteiger partial charge is 0.255 e. The molecule has 0 aromatic heterocycles. The molecule has 2 fully saturated rings. The highest BCUT2D eigenvalue weighted by Crippen LogP contribution is 2.28. The summed E-state index contributed by atoms with van der Waals surface area (Å²) in [5.74, 6) is -0.592. The van der Waals surface area contributed by atoms with E-state index in [-0.39, 0.29) is 30.1 Å². The molecule has 1 N–H and O–H groups in total. The van der Waals surface area contributed by atoms with Gasteiger partial charge in [0, 0.05) is 62.1 Å². The van der Waals surface area contributed by atoms with Crippen molar-refractivity contribution in [2.24, 2.45) is 5.92 Å².